The number of rotatable bonds is 8. The summed E-state index contributed by atoms with van der Waals surface area (Å²) < 4.78 is 34.3. The number of ether oxygens (including phenoxy) is 1. The second kappa shape index (κ2) is 10.8. The first-order valence-corrected chi connectivity index (χ1v) is 13.9. The van der Waals surface area contributed by atoms with Gasteiger partial charge in [-0.05, 0) is 48.7 Å². The van der Waals surface area contributed by atoms with Crippen LogP contribution in [0.15, 0.2) is 83.8 Å². The van der Waals surface area contributed by atoms with Gasteiger partial charge in [-0.3, -0.25) is 4.79 Å². The lowest BCUT2D eigenvalue weighted by atomic mass is 9.90. The van der Waals surface area contributed by atoms with Crippen molar-refractivity contribution in [3.05, 3.63) is 95.6 Å². The summed E-state index contributed by atoms with van der Waals surface area (Å²) in [4.78, 5) is 12.5. The van der Waals surface area contributed by atoms with Crippen LogP contribution in [0.4, 0.5) is 0 Å². The van der Waals surface area contributed by atoms with Crippen LogP contribution in [0.2, 0.25) is 0 Å². The number of carbonyl (C=O) groups is 1. The average Bonchev–Trinajstić information content (AvgIpc) is 2.87. The fourth-order valence-corrected chi connectivity index (χ4v) is 7.40. The minimum Gasteiger partial charge on any atom is -0.497 e. The monoisotopic (exact) mass is 511 g/mol. The number of carboxylic acid groups (broad SMARTS) is 1. The van der Waals surface area contributed by atoms with Gasteiger partial charge in [0.2, 0.25) is 10.0 Å². The fourth-order valence-electron chi connectivity index (χ4n) is 4.40. The first kappa shape index (κ1) is 25.3. The number of hydrogen-bond acceptors (Lipinski definition) is 5. The van der Waals surface area contributed by atoms with Crippen molar-refractivity contribution in [2.45, 2.75) is 35.3 Å². The Hall–Kier alpha value is -2.81. The number of aliphatic carboxylic acids is 1. The van der Waals surface area contributed by atoms with Crippen LogP contribution >= 0.6 is 11.8 Å². The van der Waals surface area contributed by atoms with E-state index in [1.165, 1.54) is 4.31 Å². The fraction of sp³-hybridized carbons (Fsp3) is 0.296. The third kappa shape index (κ3) is 5.72. The topological polar surface area (TPSA) is 83.9 Å². The van der Waals surface area contributed by atoms with E-state index in [0.717, 1.165) is 16.7 Å². The number of thioether (sulfide) groups is 1. The number of methoxy groups -OCH3 is 1. The van der Waals surface area contributed by atoms with Crippen LogP contribution in [0.5, 0.6) is 5.75 Å². The Kier molecular flexibility index (Phi) is 7.84. The number of benzene rings is 3. The van der Waals surface area contributed by atoms with Gasteiger partial charge in [0, 0.05) is 17.5 Å². The van der Waals surface area contributed by atoms with Crippen LogP contribution in [-0.4, -0.2) is 42.7 Å². The molecule has 1 aliphatic rings. The lowest BCUT2D eigenvalue weighted by molar-refractivity contribution is -0.143. The van der Waals surface area contributed by atoms with E-state index in [4.69, 9.17) is 4.74 Å². The van der Waals surface area contributed by atoms with Gasteiger partial charge in [-0.2, -0.15) is 16.1 Å². The molecule has 0 amide bonds. The van der Waals surface area contributed by atoms with Gasteiger partial charge in [-0.1, -0.05) is 60.2 Å². The van der Waals surface area contributed by atoms with Crippen molar-refractivity contribution in [2.75, 3.05) is 13.7 Å². The number of piperidine rings is 1. The summed E-state index contributed by atoms with van der Waals surface area (Å²) in [6, 6.07) is 23.4. The van der Waals surface area contributed by atoms with E-state index in [1.807, 2.05) is 61.5 Å². The van der Waals surface area contributed by atoms with Crippen molar-refractivity contribution < 1.29 is 23.1 Å². The van der Waals surface area contributed by atoms with Crippen LogP contribution in [0.1, 0.15) is 29.2 Å². The van der Waals surface area contributed by atoms with Crippen molar-refractivity contribution >= 4 is 27.8 Å². The quantitative estimate of drug-likeness (QED) is 0.451. The standard InChI is InChI=1S/C27H29NO5S2/c1-19-11-13-23(14-12-19)35(31,32)28-17-24(27(29)30)26(34-18-20-7-4-3-5-8-20)16-25(28)21-9-6-10-22(15-21)33-2/h3-15,24-26H,16-18H2,1-2H3,(H,29,30)/t24-,25+,26-/m1/s1. The second-order valence-electron chi connectivity index (χ2n) is 8.70. The molecule has 0 unspecified atom stereocenters. The first-order chi connectivity index (χ1) is 16.8. The van der Waals surface area contributed by atoms with E-state index in [0.29, 0.717) is 17.9 Å². The highest BCUT2D eigenvalue weighted by Crippen LogP contribution is 2.43. The highest BCUT2D eigenvalue weighted by atomic mass is 32.2. The normalized spacial score (nSPS) is 20.9. The highest BCUT2D eigenvalue weighted by Gasteiger charge is 2.45. The van der Waals surface area contributed by atoms with E-state index < -0.39 is 28.0 Å². The largest absolute Gasteiger partial charge is 0.497 e. The van der Waals surface area contributed by atoms with Crippen LogP contribution in [0, 0.1) is 12.8 Å². The number of carboxylic acids is 1. The van der Waals surface area contributed by atoms with Gasteiger partial charge in [0.1, 0.15) is 5.75 Å². The molecule has 3 aromatic carbocycles. The molecule has 1 aliphatic heterocycles. The molecule has 0 radical (unpaired) electrons. The molecule has 0 aliphatic carbocycles. The third-order valence-electron chi connectivity index (χ3n) is 6.36. The van der Waals surface area contributed by atoms with Crippen LogP contribution < -0.4 is 4.74 Å². The van der Waals surface area contributed by atoms with E-state index in [9.17, 15) is 18.3 Å². The zero-order chi connectivity index (χ0) is 25.0. The predicted octanol–water partition coefficient (Wildman–Crippen LogP) is 5.14. The van der Waals surface area contributed by atoms with Crippen molar-refractivity contribution in [3.63, 3.8) is 0 Å². The van der Waals surface area contributed by atoms with Gasteiger partial charge in [0.25, 0.3) is 0 Å². The molecule has 184 valence electrons. The molecule has 4 rings (SSSR count). The molecule has 1 N–H and O–H groups in total. The number of aryl methyl sites for hydroxylation is 1. The Morgan fingerprint density at radius 2 is 1.77 bits per heavy atom. The van der Waals surface area contributed by atoms with E-state index in [2.05, 4.69) is 0 Å². The molecule has 0 spiro atoms. The number of hydrogen-bond donors (Lipinski definition) is 1. The molecule has 3 aromatic rings. The van der Waals surface area contributed by atoms with Gasteiger partial charge in [-0.25, -0.2) is 8.42 Å². The minimum atomic E-state index is -3.93. The summed E-state index contributed by atoms with van der Waals surface area (Å²) >= 11 is 1.57. The molecule has 1 fully saturated rings. The zero-order valence-electron chi connectivity index (χ0n) is 19.7. The maximum Gasteiger partial charge on any atom is 0.308 e. The Balaban J connectivity index is 1.72. The number of nitrogens with zero attached hydrogens (tertiary/aromatic N) is 1. The van der Waals surface area contributed by atoms with Crippen LogP contribution in [0.25, 0.3) is 0 Å². The third-order valence-corrected chi connectivity index (χ3v) is 9.70. The Morgan fingerprint density at radius 1 is 1.06 bits per heavy atom. The van der Waals surface area contributed by atoms with E-state index in [1.54, 1.807) is 43.1 Å². The summed E-state index contributed by atoms with van der Waals surface area (Å²) in [7, 11) is -2.36. The molecule has 0 bridgehead atoms. The molecule has 1 saturated heterocycles. The maximum atomic E-state index is 13.8. The summed E-state index contributed by atoms with van der Waals surface area (Å²) in [5, 5.41) is 9.82. The van der Waals surface area contributed by atoms with Crippen LogP contribution in [-0.2, 0) is 20.6 Å². The summed E-state index contributed by atoms with van der Waals surface area (Å²) in [5.41, 5.74) is 2.84. The average molecular weight is 512 g/mol. The van der Waals surface area contributed by atoms with Crippen molar-refractivity contribution in [3.8, 4) is 5.75 Å². The van der Waals surface area contributed by atoms with Gasteiger partial charge < -0.3 is 9.84 Å². The number of sulfonamides is 1. The van der Waals surface area contributed by atoms with Crippen LogP contribution in [0.3, 0.4) is 0 Å². The summed E-state index contributed by atoms with van der Waals surface area (Å²) in [5.74, 6) is -0.524. The maximum absolute atomic E-state index is 13.8. The van der Waals surface area contributed by atoms with Gasteiger partial charge in [-0.15, -0.1) is 0 Å². The Labute approximate surface area is 211 Å². The SMILES string of the molecule is COc1cccc([C@@H]2C[C@@H](SCc3ccccc3)[C@H](C(=O)O)CN2S(=O)(=O)c2ccc(C)cc2)c1. The second-order valence-corrected chi connectivity index (χ2v) is 11.8. The van der Waals surface area contributed by atoms with Crippen molar-refractivity contribution in [1.82, 2.24) is 4.31 Å². The molecule has 0 aromatic heterocycles. The Bertz CT molecular complexity index is 1260. The van der Waals surface area contributed by atoms with Crippen molar-refractivity contribution in [1.29, 1.82) is 0 Å². The van der Waals surface area contributed by atoms with E-state index in [-0.39, 0.29) is 16.7 Å². The Morgan fingerprint density at radius 3 is 2.43 bits per heavy atom. The van der Waals surface area contributed by atoms with Gasteiger partial charge in [0.05, 0.1) is 24.0 Å². The lowest BCUT2D eigenvalue weighted by Gasteiger charge is -2.42. The molecule has 1 heterocycles. The smallest absolute Gasteiger partial charge is 0.308 e. The molecule has 35 heavy (non-hydrogen) atoms. The molecular formula is C27H29NO5S2. The minimum absolute atomic E-state index is 0.0973. The van der Waals surface area contributed by atoms with Gasteiger partial charge in [0.15, 0.2) is 0 Å². The molecule has 0 saturated carbocycles. The van der Waals surface area contributed by atoms with E-state index >= 15 is 0 Å². The summed E-state index contributed by atoms with van der Waals surface area (Å²) in [6.07, 6.45) is 0.382. The molecule has 3 atom stereocenters. The predicted molar refractivity (Wildman–Crippen MR) is 138 cm³/mol. The first-order valence-electron chi connectivity index (χ1n) is 11.4. The molecule has 8 heteroatoms. The highest BCUT2D eigenvalue weighted by molar-refractivity contribution is 7.99. The van der Waals surface area contributed by atoms with Crippen molar-refractivity contribution in [2.24, 2.45) is 5.92 Å². The molecular weight excluding hydrogens is 482 g/mol. The molecule has 6 nitrogen and oxygen atoms in total. The summed E-state index contributed by atoms with van der Waals surface area (Å²) in [6.45, 7) is 1.80. The lowest BCUT2D eigenvalue weighted by Crippen LogP contribution is -2.49. The zero-order valence-corrected chi connectivity index (χ0v) is 21.3. The van der Waals surface area contributed by atoms with Gasteiger partial charge >= 0.3 is 5.97 Å².